The van der Waals surface area contributed by atoms with Crippen molar-refractivity contribution >= 4 is 23.4 Å². The summed E-state index contributed by atoms with van der Waals surface area (Å²) in [6.07, 6.45) is 4.64. The molecular formula is C14H22N2OS. The molecule has 4 heteroatoms. The third-order valence-electron chi connectivity index (χ3n) is 2.56. The SMILES string of the molecule is CSCCCCNCc1ccc(NC(C)=O)cc1. The predicted octanol–water partition coefficient (Wildman–Crippen LogP) is 2.88. The van der Waals surface area contributed by atoms with E-state index in [4.69, 9.17) is 0 Å². The van der Waals surface area contributed by atoms with E-state index in [1.54, 1.807) is 0 Å². The molecule has 0 heterocycles. The van der Waals surface area contributed by atoms with Crippen molar-refractivity contribution in [3.05, 3.63) is 29.8 Å². The van der Waals surface area contributed by atoms with Crippen molar-refractivity contribution in [2.24, 2.45) is 0 Å². The summed E-state index contributed by atoms with van der Waals surface area (Å²) < 4.78 is 0. The van der Waals surface area contributed by atoms with Crippen LogP contribution >= 0.6 is 11.8 Å². The van der Waals surface area contributed by atoms with Gasteiger partial charge in [0, 0.05) is 19.2 Å². The second-order valence-electron chi connectivity index (χ2n) is 4.25. The first-order valence-electron chi connectivity index (χ1n) is 6.28. The molecule has 0 aromatic heterocycles. The van der Waals surface area contributed by atoms with Gasteiger partial charge in [-0.15, -0.1) is 0 Å². The van der Waals surface area contributed by atoms with E-state index in [2.05, 4.69) is 16.9 Å². The molecule has 3 nitrogen and oxygen atoms in total. The molecule has 0 atom stereocenters. The number of nitrogens with one attached hydrogen (secondary N) is 2. The van der Waals surface area contributed by atoms with Crippen LogP contribution in [0.2, 0.25) is 0 Å². The third kappa shape index (κ3) is 6.67. The van der Waals surface area contributed by atoms with Crippen molar-refractivity contribution in [1.29, 1.82) is 0 Å². The summed E-state index contributed by atoms with van der Waals surface area (Å²) in [5.41, 5.74) is 2.10. The van der Waals surface area contributed by atoms with E-state index in [0.29, 0.717) is 0 Å². The molecule has 0 fully saturated rings. The highest BCUT2D eigenvalue weighted by atomic mass is 32.2. The lowest BCUT2D eigenvalue weighted by atomic mass is 10.2. The summed E-state index contributed by atoms with van der Waals surface area (Å²) in [7, 11) is 0. The van der Waals surface area contributed by atoms with Crippen LogP contribution in [0.3, 0.4) is 0 Å². The molecule has 0 saturated carbocycles. The zero-order valence-corrected chi connectivity index (χ0v) is 12.0. The first-order valence-corrected chi connectivity index (χ1v) is 7.68. The van der Waals surface area contributed by atoms with Crippen molar-refractivity contribution in [1.82, 2.24) is 5.32 Å². The second-order valence-corrected chi connectivity index (χ2v) is 5.24. The zero-order chi connectivity index (χ0) is 13.2. The van der Waals surface area contributed by atoms with Gasteiger partial charge in [0.05, 0.1) is 0 Å². The number of hydrogen-bond donors (Lipinski definition) is 2. The minimum atomic E-state index is -0.0327. The minimum absolute atomic E-state index is 0.0327. The number of amides is 1. The van der Waals surface area contributed by atoms with Crippen LogP contribution in [0.25, 0.3) is 0 Å². The standard InChI is InChI=1S/C14H22N2OS/c1-12(17)16-14-7-5-13(6-8-14)11-15-9-3-4-10-18-2/h5-8,15H,3-4,9-11H2,1-2H3,(H,16,17). The first kappa shape index (κ1) is 15.1. The Kier molecular flexibility index (Phi) is 7.53. The quantitative estimate of drug-likeness (QED) is 0.711. The van der Waals surface area contributed by atoms with Gasteiger partial charge in [-0.2, -0.15) is 11.8 Å². The highest BCUT2D eigenvalue weighted by Crippen LogP contribution is 2.09. The zero-order valence-electron chi connectivity index (χ0n) is 11.2. The Labute approximate surface area is 114 Å². The summed E-state index contributed by atoms with van der Waals surface area (Å²) >= 11 is 1.90. The fourth-order valence-corrected chi connectivity index (χ4v) is 2.13. The Morgan fingerprint density at radius 3 is 2.56 bits per heavy atom. The van der Waals surface area contributed by atoms with Crippen molar-refractivity contribution < 1.29 is 4.79 Å². The molecular weight excluding hydrogens is 244 g/mol. The largest absolute Gasteiger partial charge is 0.326 e. The van der Waals surface area contributed by atoms with E-state index in [9.17, 15) is 4.79 Å². The highest BCUT2D eigenvalue weighted by Gasteiger charge is 1.96. The van der Waals surface area contributed by atoms with E-state index >= 15 is 0 Å². The molecule has 2 N–H and O–H groups in total. The summed E-state index contributed by atoms with van der Waals surface area (Å²) in [4.78, 5) is 10.9. The van der Waals surface area contributed by atoms with Gasteiger partial charge in [0.15, 0.2) is 0 Å². The fourth-order valence-electron chi connectivity index (χ4n) is 1.64. The van der Waals surface area contributed by atoms with Gasteiger partial charge in [-0.3, -0.25) is 4.79 Å². The molecule has 0 aliphatic heterocycles. The molecule has 1 aromatic rings. The third-order valence-corrected chi connectivity index (χ3v) is 3.25. The lowest BCUT2D eigenvalue weighted by Gasteiger charge is -2.06. The maximum atomic E-state index is 10.9. The van der Waals surface area contributed by atoms with Crippen LogP contribution < -0.4 is 10.6 Å². The molecule has 0 radical (unpaired) electrons. The number of carbonyl (C=O) groups excluding carboxylic acids is 1. The maximum absolute atomic E-state index is 10.9. The van der Waals surface area contributed by atoms with Crippen LogP contribution in [0.5, 0.6) is 0 Å². The monoisotopic (exact) mass is 266 g/mol. The maximum Gasteiger partial charge on any atom is 0.221 e. The molecule has 0 saturated heterocycles. The van der Waals surface area contributed by atoms with Crippen LogP contribution in [0, 0.1) is 0 Å². The predicted molar refractivity (Wildman–Crippen MR) is 80.1 cm³/mol. The lowest BCUT2D eigenvalue weighted by molar-refractivity contribution is -0.114. The molecule has 18 heavy (non-hydrogen) atoms. The summed E-state index contributed by atoms with van der Waals surface area (Å²) in [6, 6.07) is 7.96. The number of rotatable bonds is 8. The molecule has 0 spiro atoms. The Balaban J connectivity index is 2.20. The molecule has 0 aliphatic carbocycles. The van der Waals surface area contributed by atoms with Crippen LogP contribution in [0.1, 0.15) is 25.3 Å². The lowest BCUT2D eigenvalue weighted by Crippen LogP contribution is -2.14. The first-order chi connectivity index (χ1) is 8.72. The number of benzene rings is 1. The normalized spacial score (nSPS) is 10.3. The van der Waals surface area contributed by atoms with Crippen LogP contribution in [0.4, 0.5) is 5.69 Å². The Morgan fingerprint density at radius 1 is 1.22 bits per heavy atom. The topological polar surface area (TPSA) is 41.1 Å². The number of carbonyl (C=O) groups is 1. The van der Waals surface area contributed by atoms with Gasteiger partial charge >= 0.3 is 0 Å². The van der Waals surface area contributed by atoms with Gasteiger partial charge in [-0.25, -0.2) is 0 Å². The van der Waals surface area contributed by atoms with Gasteiger partial charge < -0.3 is 10.6 Å². The fraction of sp³-hybridized carbons (Fsp3) is 0.500. The number of thioether (sulfide) groups is 1. The van der Waals surface area contributed by atoms with E-state index in [1.807, 2.05) is 36.0 Å². The molecule has 0 bridgehead atoms. The van der Waals surface area contributed by atoms with E-state index < -0.39 is 0 Å². The summed E-state index contributed by atoms with van der Waals surface area (Å²) in [6.45, 7) is 3.47. The summed E-state index contributed by atoms with van der Waals surface area (Å²) in [5.74, 6) is 1.21. The van der Waals surface area contributed by atoms with Gasteiger partial charge in [0.2, 0.25) is 5.91 Å². The molecule has 1 rings (SSSR count). The Hall–Kier alpha value is -1.00. The Morgan fingerprint density at radius 2 is 1.94 bits per heavy atom. The van der Waals surface area contributed by atoms with Crippen LogP contribution in [0.15, 0.2) is 24.3 Å². The van der Waals surface area contributed by atoms with Crippen LogP contribution in [-0.2, 0) is 11.3 Å². The highest BCUT2D eigenvalue weighted by molar-refractivity contribution is 7.98. The van der Waals surface area contributed by atoms with Crippen molar-refractivity contribution in [3.63, 3.8) is 0 Å². The minimum Gasteiger partial charge on any atom is -0.326 e. The van der Waals surface area contributed by atoms with Gasteiger partial charge in [0.25, 0.3) is 0 Å². The molecule has 0 unspecified atom stereocenters. The smallest absolute Gasteiger partial charge is 0.221 e. The van der Waals surface area contributed by atoms with Crippen molar-refractivity contribution in [2.45, 2.75) is 26.3 Å². The number of anilines is 1. The number of hydrogen-bond acceptors (Lipinski definition) is 3. The van der Waals surface area contributed by atoms with E-state index in [1.165, 1.54) is 31.1 Å². The average Bonchev–Trinajstić information content (AvgIpc) is 2.35. The average molecular weight is 266 g/mol. The second kappa shape index (κ2) is 9.00. The number of unbranched alkanes of at least 4 members (excludes halogenated alkanes) is 1. The van der Waals surface area contributed by atoms with Gasteiger partial charge in [0.1, 0.15) is 0 Å². The molecule has 100 valence electrons. The van der Waals surface area contributed by atoms with Crippen molar-refractivity contribution in [2.75, 3.05) is 23.9 Å². The Bertz CT molecular complexity index is 351. The van der Waals surface area contributed by atoms with Gasteiger partial charge in [-0.1, -0.05) is 12.1 Å². The van der Waals surface area contributed by atoms with Crippen molar-refractivity contribution in [3.8, 4) is 0 Å². The van der Waals surface area contributed by atoms with E-state index in [0.717, 1.165) is 18.8 Å². The summed E-state index contributed by atoms with van der Waals surface area (Å²) in [5, 5.41) is 6.18. The van der Waals surface area contributed by atoms with E-state index in [-0.39, 0.29) is 5.91 Å². The molecule has 0 aliphatic rings. The van der Waals surface area contributed by atoms with Gasteiger partial charge in [-0.05, 0) is 49.1 Å². The molecule has 1 aromatic carbocycles. The van der Waals surface area contributed by atoms with Crippen LogP contribution in [-0.4, -0.2) is 24.5 Å². The molecule has 1 amide bonds.